The highest BCUT2D eigenvalue weighted by Gasteiger charge is 2.26. The van der Waals surface area contributed by atoms with Crippen molar-refractivity contribution in [3.05, 3.63) is 23.8 Å². The summed E-state index contributed by atoms with van der Waals surface area (Å²) in [6.07, 6.45) is 0. The summed E-state index contributed by atoms with van der Waals surface area (Å²) in [5.74, 6) is 4.27. The summed E-state index contributed by atoms with van der Waals surface area (Å²) in [7, 11) is 0.176. The molecule has 2 heterocycles. The fourth-order valence-corrected chi connectivity index (χ4v) is 3.92. The molecule has 1 fully saturated rings. The van der Waals surface area contributed by atoms with E-state index in [1.54, 1.807) is 6.07 Å². The highest BCUT2D eigenvalue weighted by atomic mass is 32.2. The Hall–Kier alpha value is -1.20. The minimum atomic E-state index is 0.176. The third-order valence-corrected chi connectivity index (χ3v) is 5.39. The second-order valence-corrected chi connectivity index (χ2v) is 6.89. The highest BCUT2D eigenvalue weighted by Crippen LogP contribution is 2.31. The van der Waals surface area contributed by atoms with Crippen LogP contribution in [0.3, 0.4) is 0 Å². The van der Waals surface area contributed by atoms with E-state index in [2.05, 4.69) is 0 Å². The van der Waals surface area contributed by atoms with Gasteiger partial charge < -0.3 is 14.2 Å². The first-order chi connectivity index (χ1) is 9.33. The Morgan fingerprint density at radius 3 is 2.58 bits per heavy atom. The van der Waals surface area contributed by atoms with Crippen LogP contribution in [-0.4, -0.2) is 49.5 Å². The standard InChI is InChI=1S/C14H17O4S/c15-12(10-19-7-5-16-6-8-19)11-1-2-13-14(9-11)18-4-3-17-13/h1-2,9H,3-8,10H2/q+1. The van der Waals surface area contributed by atoms with Crippen LogP contribution in [0.15, 0.2) is 18.2 Å². The van der Waals surface area contributed by atoms with Crippen LogP contribution >= 0.6 is 0 Å². The van der Waals surface area contributed by atoms with E-state index in [0.717, 1.165) is 36.0 Å². The first-order valence-electron chi connectivity index (χ1n) is 6.47. The monoisotopic (exact) mass is 281 g/mol. The molecule has 1 aromatic carbocycles. The smallest absolute Gasteiger partial charge is 0.211 e. The Bertz CT molecular complexity index is 469. The number of hydrogen-bond donors (Lipinski definition) is 0. The number of carbonyl (C=O) groups is 1. The normalized spacial score (nSPS) is 19.2. The highest BCUT2D eigenvalue weighted by molar-refractivity contribution is 7.97. The van der Waals surface area contributed by atoms with Gasteiger partial charge in [-0.15, -0.1) is 0 Å². The summed E-state index contributed by atoms with van der Waals surface area (Å²) in [5, 5.41) is 0. The van der Waals surface area contributed by atoms with E-state index in [1.807, 2.05) is 12.1 Å². The van der Waals surface area contributed by atoms with Crippen LogP contribution in [0.4, 0.5) is 0 Å². The topological polar surface area (TPSA) is 44.8 Å². The van der Waals surface area contributed by atoms with Gasteiger partial charge in [0.15, 0.2) is 17.3 Å². The Kier molecular flexibility index (Phi) is 3.94. The number of hydrogen-bond acceptors (Lipinski definition) is 4. The summed E-state index contributed by atoms with van der Waals surface area (Å²) >= 11 is 0. The van der Waals surface area contributed by atoms with E-state index in [9.17, 15) is 4.79 Å². The van der Waals surface area contributed by atoms with E-state index < -0.39 is 0 Å². The Balaban J connectivity index is 1.69. The van der Waals surface area contributed by atoms with Crippen LogP contribution in [0, 0.1) is 0 Å². The van der Waals surface area contributed by atoms with Gasteiger partial charge in [0.25, 0.3) is 0 Å². The second-order valence-electron chi connectivity index (χ2n) is 4.56. The van der Waals surface area contributed by atoms with Gasteiger partial charge in [0, 0.05) is 16.5 Å². The maximum absolute atomic E-state index is 12.3. The van der Waals surface area contributed by atoms with Crippen LogP contribution in [0.25, 0.3) is 0 Å². The van der Waals surface area contributed by atoms with Crippen molar-refractivity contribution in [3.63, 3.8) is 0 Å². The maximum Gasteiger partial charge on any atom is 0.211 e. The molecule has 0 aromatic heterocycles. The van der Waals surface area contributed by atoms with Crippen LogP contribution < -0.4 is 9.47 Å². The van der Waals surface area contributed by atoms with E-state index in [0.29, 0.717) is 24.7 Å². The molecule has 0 atom stereocenters. The zero-order valence-corrected chi connectivity index (χ0v) is 11.5. The summed E-state index contributed by atoms with van der Waals surface area (Å²) in [6, 6.07) is 5.47. The van der Waals surface area contributed by atoms with Crippen molar-refractivity contribution in [2.45, 2.75) is 0 Å². The first kappa shape index (κ1) is 12.8. The molecule has 0 unspecified atom stereocenters. The molecule has 2 aliphatic rings. The number of ketones is 1. The minimum Gasteiger partial charge on any atom is -0.486 e. The van der Waals surface area contributed by atoms with Crippen LogP contribution in [0.5, 0.6) is 11.5 Å². The van der Waals surface area contributed by atoms with Crippen LogP contribution in [0.1, 0.15) is 10.4 Å². The molecule has 102 valence electrons. The van der Waals surface area contributed by atoms with Gasteiger partial charge >= 0.3 is 0 Å². The molecule has 2 aliphatic heterocycles. The molecule has 19 heavy (non-hydrogen) atoms. The SMILES string of the molecule is O=C(C[S+]1CCOCC1)c1ccc2c(c1)OCCO2. The maximum atomic E-state index is 12.3. The Morgan fingerprint density at radius 1 is 1.05 bits per heavy atom. The Labute approximate surface area is 115 Å². The second kappa shape index (κ2) is 5.84. The fraction of sp³-hybridized carbons (Fsp3) is 0.500. The average molecular weight is 281 g/mol. The van der Waals surface area contributed by atoms with E-state index >= 15 is 0 Å². The quantitative estimate of drug-likeness (QED) is 0.618. The number of benzene rings is 1. The van der Waals surface area contributed by atoms with Crippen LogP contribution in [-0.2, 0) is 15.6 Å². The lowest BCUT2D eigenvalue weighted by Gasteiger charge is -2.19. The van der Waals surface area contributed by atoms with Gasteiger partial charge in [-0.1, -0.05) is 0 Å². The number of rotatable bonds is 3. The summed E-state index contributed by atoms with van der Waals surface area (Å²) in [6.45, 7) is 2.70. The molecule has 0 radical (unpaired) electrons. The zero-order valence-electron chi connectivity index (χ0n) is 10.7. The molecule has 0 N–H and O–H groups in total. The van der Waals surface area contributed by atoms with Crippen molar-refractivity contribution in [2.75, 3.05) is 43.7 Å². The van der Waals surface area contributed by atoms with Gasteiger partial charge in [0.05, 0.1) is 13.2 Å². The molecule has 4 nitrogen and oxygen atoms in total. The molecule has 1 aromatic rings. The molecule has 1 saturated heterocycles. The molecule has 3 rings (SSSR count). The molecule has 0 aliphatic carbocycles. The van der Waals surface area contributed by atoms with Gasteiger partial charge in [-0.2, -0.15) is 0 Å². The molecule has 0 amide bonds. The third-order valence-electron chi connectivity index (χ3n) is 3.23. The lowest BCUT2D eigenvalue weighted by Crippen LogP contribution is -2.31. The van der Waals surface area contributed by atoms with Crippen molar-refractivity contribution >= 4 is 16.7 Å². The predicted octanol–water partition coefficient (Wildman–Crippen LogP) is 1.29. The van der Waals surface area contributed by atoms with Gasteiger partial charge in [-0.25, -0.2) is 0 Å². The number of ether oxygens (including phenoxy) is 3. The Morgan fingerprint density at radius 2 is 1.79 bits per heavy atom. The molecule has 0 saturated carbocycles. The average Bonchev–Trinajstić information content (AvgIpc) is 2.48. The van der Waals surface area contributed by atoms with Gasteiger partial charge in [-0.05, 0) is 18.2 Å². The van der Waals surface area contributed by atoms with Gasteiger partial charge in [0.1, 0.15) is 24.7 Å². The largest absolute Gasteiger partial charge is 0.486 e. The van der Waals surface area contributed by atoms with E-state index in [-0.39, 0.29) is 16.7 Å². The van der Waals surface area contributed by atoms with Gasteiger partial charge in [-0.3, -0.25) is 4.79 Å². The summed E-state index contributed by atoms with van der Waals surface area (Å²) < 4.78 is 16.3. The predicted molar refractivity (Wildman–Crippen MR) is 74.5 cm³/mol. The third kappa shape index (κ3) is 3.04. The van der Waals surface area contributed by atoms with E-state index in [4.69, 9.17) is 14.2 Å². The summed E-state index contributed by atoms with van der Waals surface area (Å²) in [5.41, 5.74) is 0.725. The lowest BCUT2D eigenvalue weighted by atomic mass is 10.1. The van der Waals surface area contributed by atoms with Crippen molar-refractivity contribution in [2.24, 2.45) is 0 Å². The van der Waals surface area contributed by atoms with Crippen LogP contribution in [0.2, 0.25) is 0 Å². The molecule has 5 heteroatoms. The molecule has 0 bridgehead atoms. The van der Waals surface area contributed by atoms with Gasteiger partial charge in [0.2, 0.25) is 5.78 Å². The summed E-state index contributed by atoms with van der Waals surface area (Å²) in [4.78, 5) is 12.3. The zero-order chi connectivity index (χ0) is 13.1. The number of fused-ring (bicyclic) bond motifs is 1. The number of carbonyl (C=O) groups excluding carboxylic acids is 1. The fourth-order valence-electron chi connectivity index (χ4n) is 2.19. The molecule has 0 spiro atoms. The molecular weight excluding hydrogens is 264 g/mol. The van der Waals surface area contributed by atoms with Crippen molar-refractivity contribution in [3.8, 4) is 11.5 Å². The first-order valence-corrected chi connectivity index (χ1v) is 8.21. The minimum absolute atomic E-state index is 0.176. The van der Waals surface area contributed by atoms with Crippen molar-refractivity contribution < 1.29 is 19.0 Å². The van der Waals surface area contributed by atoms with E-state index in [1.165, 1.54) is 0 Å². The van der Waals surface area contributed by atoms with Crippen molar-refractivity contribution in [1.29, 1.82) is 0 Å². The molecular formula is C14H17O4S+. The lowest BCUT2D eigenvalue weighted by molar-refractivity contribution is 0.101. The number of Topliss-reactive ketones (excluding diaryl/α,β-unsaturated/α-hetero) is 1. The van der Waals surface area contributed by atoms with Crippen molar-refractivity contribution in [1.82, 2.24) is 0 Å².